The second-order valence-electron chi connectivity index (χ2n) is 8.18. The van der Waals surface area contributed by atoms with E-state index in [2.05, 4.69) is 9.97 Å². The van der Waals surface area contributed by atoms with Crippen LogP contribution in [0.2, 0.25) is 0 Å². The highest BCUT2D eigenvalue weighted by atomic mass is 19.4. The molecule has 0 bridgehead atoms. The first-order valence-electron chi connectivity index (χ1n) is 9.99. The van der Waals surface area contributed by atoms with Crippen molar-refractivity contribution >= 4 is 16.9 Å². The van der Waals surface area contributed by atoms with Crippen LogP contribution in [0.15, 0.2) is 24.4 Å². The lowest BCUT2D eigenvalue weighted by Gasteiger charge is -2.32. The Morgan fingerprint density at radius 1 is 1.32 bits per heavy atom. The number of methoxy groups -OCH3 is 1. The first kappa shape index (κ1) is 23.7. The minimum atomic E-state index is -4.84. The Balaban J connectivity index is 1.96. The molecule has 1 aliphatic rings. The molecule has 0 unspecified atom stereocenters. The van der Waals surface area contributed by atoms with E-state index in [0.717, 1.165) is 32.4 Å². The van der Waals surface area contributed by atoms with Gasteiger partial charge in [0.15, 0.2) is 28.9 Å². The summed E-state index contributed by atoms with van der Waals surface area (Å²) in [6.45, 7) is 2.11. The number of halogens is 5. The molecular formula is C21H19F5N4O4. The smallest absolute Gasteiger partial charge is 0.417 e. The number of carbonyl (C=O) groups excluding carboxylic acids is 1. The summed E-state index contributed by atoms with van der Waals surface area (Å²) in [5, 5.41) is 12.0. The van der Waals surface area contributed by atoms with Crippen LogP contribution in [0, 0.1) is 22.8 Å². The zero-order chi connectivity index (χ0) is 25.2. The van der Waals surface area contributed by atoms with Crippen LogP contribution in [0.1, 0.15) is 47.7 Å². The van der Waals surface area contributed by atoms with Crippen LogP contribution in [0.4, 0.5) is 22.0 Å². The number of fused-ring (bicyclic) bond motifs is 1. The maximum Gasteiger partial charge on any atom is 0.417 e. The number of hydrogen-bond acceptors (Lipinski definition) is 5. The van der Waals surface area contributed by atoms with Gasteiger partial charge < -0.3 is 25.4 Å². The van der Waals surface area contributed by atoms with E-state index in [-0.39, 0.29) is 27.2 Å². The highest BCUT2D eigenvalue weighted by Gasteiger charge is 2.65. The van der Waals surface area contributed by atoms with E-state index in [1.165, 1.54) is 13.0 Å². The molecule has 1 aromatic carbocycles. The number of primary amides is 1. The van der Waals surface area contributed by atoms with E-state index >= 15 is 0 Å². The molecule has 1 amide bonds. The zero-order valence-corrected chi connectivity index (χ0v) is 18.0. The molecule has 1 fully saturated rings. The number of aromatic amines is 1. The number of rotatable bonds is 4. The van der Waals surface area contributed by atoms with Gasteiger partial charge in [0.1, 0.15) is 11.9 Å². The Kier molecular flexibility index (Phi) is 5.42. The molecule has 0 radical (unpaired) electrons. The maximum atomic E-state index is 14.5. The van der Waals surface area contributed by atoms with Crippen LogP contribution in [-0.2, 0) is 4.74 Å². The number of carbonyl (C=O) groups is 1. The molecule has 3 N–H and O–H groups in total. The van der Waals surface area contributed by atoms with Crippen molar-refractivity contribution in [1.82, 2.24) is 9.97 Å². The van der Waals surface area contributed by atoms with Crippen molar-refractivity contribution in [3.05, 3.63) is 58.3 Å². The van der Waals surface area contributed by atoms with Crippen molar-refractivity contribution in [1.29, 1.82) is 0 Å². The number of pyridine rings is 1. The maximum absolute atomic E-state index is 14.5. The molecule has 1 saturated heterocycles. The van der Waals surface area contributed by atoms with Crippen LogP contribution in [0.5, 0.6) is 5.75 Å². The number of alkyl halides is 3. The summed E-state index contributed by atoms with van der Waals surface area (Å²) < 4.78 is 81.3. The van der Waals surface area contributed by atoms with Crippen molar-refractivity contribution in [2.45, 2.75) is 37.6 Å². The van der Waals surface area contributed by atoms with Gasteiger partial charge in [-0.2, -0.15) is 22.3 Å². The summed E-state index contributed by atoms with van der Waals surface area (Å²) in [7, 11) is 1.06. The Hall–Kier alpha value is -3.48. The van der Waals surface area contributed by atoms with E-state index in [9.17, 15) is 32.0 Å². The summed E-state index contributed by atoms with van der Waals surface area (Å²) in [5.41, 5.74) is 1.94. The topological polar surface area (TPSA) is 117 Å². The monoisotopic (exact) mass is 486 g/mol. The Morgan fingerprint density at radius 3 is 2.59 bits per heavy atom. The lowest BCUT2D eigenvalue weighted by Crippen LogP contribution is -2.46. The highest BCUT2D eigenvalue weighted by Crippen LogP contribution is 2.59. The number of H-pyrrole nitrogens is 1. The fraction of sp³-hybridized carbons (Fsp3) is 0.381. The lowest BCUT2D eigenvalue weighted by atomic mass is 9.77. The summed E-state index contributed by atoms with van der Waals surface area (Å²) in [6.07, 6.45) is -5.32. The SMILES string of the molecule is COc1c([C@H]2[C@H](c3nc4c(C(N)=O)[n+]([O-])ccc4[nH]3)O[C@@](C)(C(F)(F)F)[C@H]2C)ccc(F)c1F. The standard InChI is InChI=1S/C21H19F5N4O4/c1-8-12(9-4-5-10(22)13(23)16(9)33-3)17(34-20(8,2)21(24,25)26)19-28-11-6-7-30(32)15(18(27)31)14(11)29-19/h4-8,12,17H,1-3H3,(H2,27,31)(H,28,29)/t8-,12-,17+,20+/m0/s1. The summed E-state index contributed by atoms with van der Waals surface area (Å²) in [6, 6.07) is 3.17. The largest absolute Gasteiger partial charge is 0.618 e. The molecule has 8 nitrogen and oxygen atoms in total. The van der Waals surface area contributed by atoms with Gasteiger partial charge in [-0.1, -0.05) is 13.0 Å². The van der Waals surface area contributed by atoms with Crippen LogP contribution >= 0.6 is 0 Å². The molecule has 4 atom stereocenters. The van der Waals surface area contributed by atoms with E-state index in [1.54, 1.807) is 0 Å². The highest BCUT2D eigenvalue weighted by molar-refractivity contribution is 6.00. The summed E-state index contributed by atoms with van der Waals surface area (Å²) in [5.74, 6) is -6.96. The van der Waals surface area contributed by atoms with Gasteiger partial charge in [0.25, 0.3) is 0 Å². The molecule has 2 aromatic heterocycles. The van der Waals surface area contributed by atoms with Crippen molar-refractivity contribution in [3.8, 4) is 5.75 Å². The van der Waals surface area contributed by atoms with E-state index < -0.39 is 58.7 Å². The molecule has 1 aliphatic heterocycles. The number of imidazole rings is 1. The average molecular weight is 486 g/mol. The second kappa shape index (κ2) is 7.79. The molecular weight excluding hydrogens is 467 g/mol. The molecule has 13 heteroatoms. The number of ether oxygens (including phenoxy) is 2. The number of aromatic nitrogens is 3. The predicted molar refractivity (Wildman–Crippen MR) is 107 cm³/mol. The first-order valence-corrected chi connectivity index (χ1v) is 9.99. The third kappa shape index (κ3) is 3.33. The van der Waals surface area contributed by atoms with Crippen molar-refractivity contribution < 1.29 is 41.0 Å². The van der Waals surface area contributed by atoms with Gasteiger partial charge >= 0.3 is 17.8 Å². The number of amides is 1. The van der Waals surface area contributed by atoms with E-state index in [4.69, 9.17) is 15.2 Å². The summed E-state index contributed by atoms with van der Waals surface area (Å²) in [4.78, 5) is 18.7. The van der Waals surface area contributed by atoms with Crippen molar-refractivity contribution in [2.75, 3.05) is 7.11 Å². The van der Waals surface area contributed by atoms with Gasteiger partial charge in [0.2, 0.25) is 5.82 Å². The number of nitrogens with one attached hydrogen (secondary N) is 1. The summed E-state index contributed by atoms with van der Waals surface area (Å²) >= 11 is 0. The molecule has 4 rings (SSSR count). The third-order valence-electron chi connectivity index (χ3n) is 6.39. The minimum absolute atomic E-state index is 0.0682. The predicted octanol–water partition coefficient (Wildman–Crippen LogP) is 3.39. The van der Waals surface area contributed by atoms with Gasteiger partial charge in [-0.3, -0.25) is 4.79 Å². The molecule has 182 valence electrons. The van der Waals surface area contributed by atoms with Gasteiger partial charge in [-0.05, 0) is 13.0 Å². The number of benzene rings is 1. The average Bonchev–Trinajstić information content (AvgIpc) is 3.29. The quantitative estimate of drug-likeness (QED) is 0.333. The minimum Gasteiger partial charge on any atom is -0.618 e. The van der Waals surface area contributed by atoms with Crippen LogP contribution in [-0.4, -0.2) is 34.8 Å². The Labute approximate surface area is 189 Å². The molecule has 3 heterocycles. The molecule has 34 heavy (non-hydrogen) atoms. The van der Waals surface area contributed by atoms with Crippen LogP contribution in [0.3, 0.4) is 0 Å². The normalized spacial score (nSPS) is 25.1. The molecule has 0 saturated carbocycles. The molecule has 3 aromatic rings. The molecule has 0 spiro atoms. The van der Waals surface area contributed by atoms with E-state index in [1.807, 2.05) is 0 Å². The second-order valence-corrected chi connectivity index (χ2v) is 8.18. The van der Waals surface area contributed by atoms with Crippen LogP contribution in [0.25, 0.3) is 11.0 Å². The fourth-order valence-corrected chi connectivity index (χ4v) is 4.44. The lowest BCUT2D eigenvalue weighted by molar-refractivity contribution is -0.606. The first-order chi connectivity index (χ1) is 15.8. The number of hydrogen-bond donors (Lipinski definition) is 2. The Bertz CT molecular complexity index is 1290. The van der Waals surface area contributed by atoms with Gasteiger partial charge in [0, 0.05) is 23.5 Å². The Morgan fingerprint density at radius 2 is 2.00 bits per heavy atom. The van der Waals surface area contributed by atoms with E-state index in [0.29, 0.717) is 0 Å². The molecule has 0 aliphatic carbocycles. The number of nitrogens with two attached hydrogens (primary N) is 1. The van der Waals surface area contributed by atoms with Gasteiger partial charge in [0.05, 0.1) is 12.6 Å². The fourth-order valence-electron chi connectivity index (χ4n) is 4.44. The number of nitrogens with zero attached hydrogens (tertiary/aromatic N) is 2. The third-order valence-corrected chi connectivity index (χ3v) is 6.39. The van der Waals surface area contributed by atoms with Crippen LogP contribution < -0.4 is 15.2 Å². The zero-order valence-electron chi connectivity index (χ0n) is 18.0. The van der Waals surface area contributed by atoms with Gasteiger partial charge in [-0.25, -0.2) is 9.37 Å². The van der Waals surface area contributed by atoms with Crippen molar-refractivity contribution in [2.24, 2.45) is 11.7 Å². The van der Waals surface area contributed by atoms with Gasteiger partial charge in [-0.15, -0.1) is 0 Å². The van der Waals surface area contributed by atoms with Crippen molar-refractivity contribution in [3.63, 3.8) is 0 Å².